The smallest absolute Gasteiger partial charge is 0.308 e. The number of ether oxygens (including phenoxy) is 1. The van der Waals surface area contributed by atoms with Crippen LogP contribution in [0, 0.1) is 5.92 Å². The van der Waals surface area contributed by atoms with Crippen molar-refractivity contribution in [3.05, 3.63) is 35.4 Å². The van der Waals surface area contributed by atoms with Gasteiger partial charge in [-0.2, -0.15) is 0 Å². The molecule has 1 aromatic rings. The average Bonchev–Trinajstić information content (AvgIpc) is 2.53. The summed E-state index contributed by atoms with van der Waals surface area (Å²) in [5.41, 5.74) is 6.85. The van der Waals surface area contributed by atoms with Crippen LogP contribution < -0.4 is 11.1 Å². The van der Waals surface area contributed by atoms with Crippen LogP contribution in [0.3, 0.4) is 0 Å². The minimum Gasteiger partial charge on any atom is -0.469 e. The monoisotopic (exact) mass is 290 g/mol. The summed E-state index contributed by atoms with van der Waals surface area (Å²) in [6.07, 6.45) is 3.67. The first-order chi connectivity index (χ1) is 10.1. The van der Waals surface area contributed by atoms with E-state index in [1.165, 1.54) is 7.11 Å². The summed E-state index contributed by atoms with van der Waals surface area (Å²) in [6.45, 7) is 0.703. The first kappa shape index (κ1) is 15.5. The lowest BCUT2D eigenvalue weighted by Gasteiger charge is -2.27. The lowest BCUT2D eigenvalue weighted by atomic mass is 9.86. The number of carbonyl (C=O) groups excluding carboxylic acids is 2. The molecule has 5 nitrogen and oxygen atoms in total. The van der Waals surface area contributed by atoms with Crippen molar-refractivity contribution in [3.63, 3.8) is 0 Å². The molecule has 114 valence electrons. The second kappa shape index (κ2) is 7.22. The van der Waals surface area contributed by atoms with Crippen LogP contribution in [-0.2, 0) is 16.1 Å². The Hall–Kier alpha value is -1.88. The molecule has 0 spiro atoms. The van der Waals surface area contributed by atoms with Crippen molar-refractivity contribution in [3.8, 4) is 0 Å². The van der Waals surface area contributed by atoms with E-state index < -0.39 is 5.91 Å². The third-order valence-electron chi connectivity index (χ3n) is 4.07. The molecule has 0 unspecified atom stereocenters. The summed E-state index contributed by atoms with van der Waals surface area (Å²) >= 11 is 0. The van der Waals surface area contributed by atoms with Crippen molar-refractivity contribution in [1.82, 2.24) is 5.32 Å². The number of nitrogens with one attached hydrogen (secondary N) is 1. The molecule has 2 rings (SSSR count). The topological polar surface area (TPSA) is 81.4 Å². The molecule has 1 aromatic carbocycles. The van der Waals surface area contributed by atoms with Crippen LogP contribution in [-0.4, -0.2) is 25.0 Å². The van der Waals surface area contributed by atoms with Crippen molar-refractivity contribution in [2.24, 2.45) is 11.7 Å². The molecule has 5 heteroatoms. The van der Waals surface area contributed by atoms with Crippen molar-refractivity contribution in [1.29, 1.82) is 0 Å². The molecule has 1 fully saturated rings. The van der Waals surface area contributed by atoms with Gasteiger partial charge < -0.3 is 15.8 Å². The normalized spacial score (nSPS) is 21.8. The Morgan fingerprint density at radius 1 is 1.29 bits per heavy atom. The molecule has 21 heavy (non-hydrogen) atoms. The maximum absolute atomic E-state index is 11.5. The van der Waals surface area contributed by atoms with Crippen LogP contribution in [0.25, 0.3) is 0 Å². The molecule has 0 radical (unpaired) electrons. The van der Waals surface area contributed by atoms with Crippen LogP contribution in [0.4, 0.5) is 0 Å². The summed E-state index contributed by atoms with van der Waals surface area (Å²) in [5.74, 6) is -0.454. The Morgan fingerprint density at radius 3 is 2.62 bits per heavy atom. The van der Waals surface area contributed by atoms with Crippen molar-refractivity contribution in [2.45, 2.75) is 38.3 Å². The molecule has 3 N–H and O–H groups in total. The molecule has 1 amide bonds. The summed E-state index contributed by atoms with van der Waals surface area (Å²) in [5, 5.41) is 3.48. The van der Waals surface area contributed by atoms with Gasteiger partial charge in [0.1, 0.15) is 0 Å². The predicted molar refractivity (Wildman–Crippen MR) is 79.6 cm³/mol. The highest BCUT2D eigenvalue weighted by atomic mass is 16.5. The average molecular weight is 290 g/mol. The van der Waals surface area contributed by atoms with E-state index in [4.69, 9.17) is 10.5 Å². The summed E-state index contributed by atoms with van der Waals surface area (Å²) in [7, 11) is 1.44. The van der Waals surface area contributed by atoms with Gasteiger partial charge in [-0.05, 0) is 43.4 Å². The van der Waals surface area contributed by atoms with Crippen molar-refractivity contribution in [2.75, 3.05) is 7.11 Å². The van der Waals surface area contributed by atoms with Crippen molar-refractivity contribution < 1.29 is 14.3 Å². The zero-order chi connectivity index (χ0) is 15.2. The van der Waals surface area contributed by atoms with Crippen LogP contribution in [0.2, 0.25) is 0 Å². The molecule has 0 saturated heterocycles. The van der Waals surface area contributed by atoms with Gasteiger partial charge in [-0.15, -0.1) is 0 Å². The number of amides is 1. The zero-order valence-corrected chi connectivity index (χ0v) is 12.3. The number of benzene rings is 1. The first-order valence-corrected chi connectivity index (χ1v) is 7.30. The molecule has 0 atom stereocenters. The van der Waals surface area contributed by atoms with E-state index in [-0.39, 0.29) is 11.9 Å². The van der Waals surface area contributed by atoms with E-state index in [9.17, 15) is 9.59 Å². The Labute approximate surface area is 124 Å². The summed E-state index contributed by atoms with van der Waals surface area (Å²) < 4.78 is 4.79. The standard InChI is InChI=1S/C16H22N2O3/c1-21-16(20)12-5-7-14(8-6-12)18-10-11-3-2-4-13(9-11)15(17)19/h2-4,9,12,14,18H,5-8,10H2,1H3,(H2,17,19). The maximum Gasteiger partial charge on any atom is 0.308 e. The highest BCUT2D eigenvalue weighted by molar-refractivity contribution is 5.92. The minimum absolute atomic E-state index is 0.0474. The molecule has 0 bridgehead atoms. The van der Waals surface area contributed by atoms with E-state index in [0.717, 1.165) is 31.2 Å². The van der Waals surface area contributed by atoms with Crippen LogP contribution in [0.1, 0.15) is 41.6 Å². The Kier molecular flexibility index (Phi) is 5.33. The second-order valence-corrected chi connectivity index (χ2v) is 5.52. The summed E-state index contributed by atoms with van der Waals surface area (Å²) in [4.78, 5) is 22.6. The van der Waals surface area contributed by atoms with Gasteiger partial charge in [0.15, 0.2) is 0 Å². The molecular formula is C16H22N2O3. The molecule has 1 saturated carbocycles. The molecule has 0 heterocycles. The third-order valence-corrected chi connectivity index (χ3v) is 4.07. The van der Waals surface area contributed by atoms with Gasteiger partial charge >= 0.3 is 5.97 Å². The van der Waals surface area contributed by atoms with Gasteiger partial charge in [0.05, 0.1) is 13.0 Å². The number of carbonyl (C=O) groups is 2. The number of hydrogen-bond acceptors (Lipinski definition) is 4. The van der Waals surface area contributed by atoms with E-state index >= 15 is 0 Å². The van der Waals surface area contributed by atoms with E-state index in [0.29, 0.717) is 18.2 Å². The lowest BCUT2D eigenvalue weighted by Crippen LogP contribution is -2.34. The Balaban J connectivity index is 1.81. The number of hydrogen-bond donors (Lipinski definition) is 2. The Bertz CT molecular complexity index is 508. The van der Waals surface area contributed by atoms with Crippen LogP contribution in [0.15, 0.2) is 24.3 Å². The SMILES string of the molecule is COC(=O)C1CCC(NCc2cccc(C(N)=O)c2)CC1. The van der Waals surface area contributed by atoms with E-state index in [1.54, 1.807) is 6.07 Å². The van der Waals surface area contributed by atoms with Crippen LogP contribution in [0.5, 0.6) is 0 Å². The van der Waals surface area contributed by atoms with Gasteiger partial charge in [0.2, 0.25) is 5.91 Å². The lowest BCUT2D eigenvalue weighted by molar-refractivity contribution is -0.146. The predicted octanol–water partition coefficient (Wildman–Crippen LogP) is 1.61. The highest BCUT2D eigenvalue weighted by Gasteiger charge is 2.26. The molecule has 0 aliphatic heterocycles. The van der Waals surface area contributed by atoms with Crippen molar-refractivity contribution >= 4 is 11.9 Å². The number of esters is 1. The summed E-state index contributed by atoms with van der Waals surface area (Å²) in [6, 6.07) is 7.75. The van der Waals surface area contributed by atoms with Gasteiger partial charge in [-0.1, -0.05) is 12.1 Å². The molecule has 1 aliphatic rings. The van der Waals surface area contributed by atoms with Gasteiger partial charge in [0.25, 0.3) is 0 Å². The van der Waals surface area contributed by atoms with E-state index in [2.05, 4.69) is 5.32 Å². The third kappa shape index (κ3) is 4.29. The highest BCUT2D eigenvalue weighted by Crippen LogP contribution is 2.25. The molecular weight excluding hydrogens is 268 g/mol. The number of rotatable bonds is 5. The fourth-order valence-electron chi connectivity index (χ4n) is 2.80. The fourth-order valence-corrected chi connectivity index (χ4v) is 2.80. The quantitative estimate of drug-likeness (QED) is 0.807. The largest absolute Gasteiger partial charge is 0.469 e. The van der Waals surface area contributed by atoms with Gasteiger partial charge in [-0.3, -0.25) is 9.59 Å². The Morgan fingerprint density at radius 2 is 2.00 bits per heavy atom. The van der Waals surface area contributed by atoms with E-state index in [1.807, 2.05) is 18.2 Å². The fraction of sp³-hybridized carbons (Fsp3) is 0.500. The second-order valence-electron chi connectivity index (χ2n) is 5.52. The number of primary amides is 1. The van der Waals surface area contributed by atoms with Gasteiger partial charge in [-0.25, -0.2) is 0 Å². The maximum atomic E-state index is 11.5. The first-order valence-electron chi connectivity index (χ1n) is 7.30. The van der Waals surface area contributed by atoms with Gasteiger partial charge in [0, 0.05) is 18.2 Å². The zero-order valence-electron chi connectivity index (χ0n) is 12.3. The number of methoxy groups -OCH3 is 1. The molecule has 0 aromatic heterocycles. The molecule has 1 aliphatic carbocycles. The minimum atomic E-state index is -0.407. The van der Waals surface area contributed by atoms with Crippen LogP contribution >= 0.6 is 0 Å². The number of nitrogens with two attached hydrogens (primary N) is 1.